The molecular formula is C11H24N4. The molecule has 0 aromatic heterocycles. The van der Waals surface area contributed by atoms with E-state index in [9.17, 15) is 0 Å². The molecule has 0 heterocycles. The van der Waals surface area contributed by atoms with Crippen molar-refractivity contribution in [1.82, 2.24) is 10.7 Å². The molecule has 0 aliphatic heterocycles. The van der Waals surface area contributed by atoms with Crippen molar-refractivity contribution < 1.29 is 0 Å². The second-order valence-electron chi connectivity index (χ2n) is 5.48. The lowest BCUT2D eigenvalue weighted by Crippen LogP contribution is -2.45. The fourth-order valence-corrected chi connectivity index (χ4v) is 2.08. The molecule has 0 aromatic carbocycles. The molecule has 4 N–H and O–H groups in total. The summed E-state index contributed by atoms with van der Waals surface area (Å²) < 4.78 is 0. The summed E-state index contributed by atoms with van der Waals surface area (Å²) in [5.74, 6) is 6.14. The van der Waals surface area contributed by atoms with Gasteiger partial charge in [-0.05, 0) is 38.5 Å². The third-order valence-electron chi connectivity index (χ3n) is 2.82. The fraction of sp³-hybridized carbons (Fsp3) is 0.909. The highest BCUT2D eigenvalue weighted by atomic mass is 15.3. The summed E-state index contributed by atoms with van der Waals surface area (Å²) in [6, 6.07) is 0.770. The minimum atomic E-state index is 0.356. The summed E-state index contributed by atoms with van der Waals surface area (Å²) >= 11 is 0. The van der Waals surface area contributed by atoms with Crippen molar-refractivity contribution in [2.45, 2.75) is 59.0 Å². The van der Waals surface area contributed by atoms with Crippen LogP contribution in [0.15, 0.2) is 4.99 Å². The summed E-state index contributed by atoms with van der Waals surface area (Å²) in [6.45, 7) is 8.75. The maximum absolute atomic E-state index is 5.42. The van der Waals surface area contributed by atoms with Crippen molar-refractivity contribution in [3.63, 3.8) is 0 Å². The third-order valence-corrected chi connectivity index (χ3v) is 2.82. The van der Waals surface area contributed by atoms with E-state index in [4.69, 9.17) is 5.84 Å². The van der Waals surface area contributed by atoms with Gasteiger partial charge in [-0.25, -0.2) is 10.8 Å². The average molecular weight is 212 g/mol. The van der Waals surface area contributed by atoms with Gasteiger partial charge in [0, 0.05) is 6.04 Å². The first kappa shape index (κ1) is 12.3. The number of nitrogens with zero attached hydrogens (tertiary/aromatic N) is 1. The molecule has 1 rings (SSSR count). The van der Waals surface area contributed by atoms with E-state index in [1.807, 2.05) is 0 Å². The zero-order chi connectivity index (χ0) is 11.5. The minimum absolute atomic E-state index is 0.356. The lowest BCUT2D eigenvalue weighted by Gasteiger charge is -2.17. The predicted octanol–water partition coefficient (Wildman–Crippen LogP) is 1.38. The van der Waals surface area contributed by atoms with E-state index in [2.05, 4.69) is 43.4 Å². The summed E-state index contributed by atoms with van der Waals surface area (Å²) in [5, 5.41) is 3.20. The Morgan fingerprint density at radius 2 is 2.13 bits per heavy atom. The molecule has 1 saturated carbocycles. The number of hydrogen-bond donors (Lipinski definition) is 3. The number of nitrogens with two attached hydrogens (primary N) is 1. The van der Waals surface area contributed by atoms with Gasteiger partial charge in [0.15, 0.2) is 0 Å². The van der Waals surface area contributed by atoms with E-state index in [0.717, 1.165) is 12.8 Å². The monoisotopic (exact) mass is 212 g/mol. The van der Waals surface area contributed by atoms with Gasteiger partial charge in [0.05, 0.1) is 6.04 Å². The molecule has 88 valence electrons. The first-order chi connectivity index (χ1) is 6.93. The summed E-state index contributed by atoms with van der Waals surface area (Å²) in [5.41, 5.74) is 3.06. The summed E-state index contributed by atoms with van der Waals surface area (Å²) in [7, 11) is 0. The lowest BCUT2D eigenvalue weighted by molar-refractivity contribution is 0.376. The first-order valence-electron chi connectivity index (χ1n) is 5.74. The van der Waals surface area contributed by atoms with Crippen LogP contribution in [-0.4, -0.2) is 18.0 Å². The maximum Gasteiger partial charge on any atom is 0.206 e. The van der Waals surface area contributed by atoms with Gasteiger partial charge in [-0.1, -0.05) is 13.8 Å². The van der Waals surface area contributed by atoms with Gasteiger partial charge < -0.3 is 5.32 Å². The third kappa shape index (κ3) is 4.08. The van der Waals surface area contributed by atoms with Crippen LogP contribution in [-0.2, 0) is 0 Å². The van der Waals surface area contributed by atoms with E-state index in [1.54, 1.807) is 0 Å². The molecule has 4 heteroatoms. The number of hydrazine groups is 1. The van der Waals surface area contributed by atoms with Crippen molar-refractivity contribution >= 4 is 5.96 Å². The molecule has 0 spiro atoms. The molecule has 0 saturated heterocycles. The number of guanidine groups is 1. The Kier molecular flexibility index (Phi) is 3.97. The van der Waals surface area contributed by atoms with Crippen LogP contribution in [0.25, 0.3) is 0 Å². The highest BCUT2D eigenvalue weighted by Gasteiger charge is 2.30. The fourth-order valence-electron chi connectivity index (χ4n) is 2.08. The topological polar surface area (TPSA) is 62.4 Å². The molecule has 1 fully saturated rings. The standard InChI is InChI=1S/C11H24N4/c1-8(2)13-10(15-12)14-9-5-6-11(3,4)7-9/h8-9H,5-7,12H2,1-4H3,(H2,13,14,15). The van der Waals surface area contributed by atoms with Crippen molar-refractivity contribution in [3.05, 3.63) is 0 Å². The lowest BCUT2D eigenvalue weighted by atomic mass is 9.92. The highest BCUT2D eigenvalue weighted by Crippen LogP contribution is 2.38. The van der Waals surface area contributed by atoms with Crippen molar-refractivity contribution in [2.24, 2.45) is 16.3 Å². The Bertz CT molecular complexity index is 233. The molecule has 1 aliphatic rings. The summed E-state index contributed by atoms with van der Waals surface area (Å²) in [4.78, 5) is 4.60. The van der Waals surface area contributed by atoms with Gasteiger partial charge in [0.1, 0.15) is 0 Å². The van der Waals surface area contributed by atoms with Crippen LogP contribution in [0.3, 0.4) is 0 Å². The zero-order valence-corrected chi connectivity index (χ0v) is 10.3. The maximum atomic E-state index is 5.42. The number of aliphatic imine (C=N–C) groups is 1. The Balaban J connectivity index is 2.53. The van der Waals surface area contributed by atoms with Crippen LogP contribution < -0.4 is 16.6 Å². The molecule has 0 amide bonds. The van der Waals surface area contributed by atoms with Crippen LogP contribution in [0, 0.1) is 5.41 Å². The first-order valence-corrected chi connectivity index (χ1v) is 5.74. The van der Waals surface area contributed by atoms with Crippen molar-refractivity contribution in [1.29, 1.82) is 0 Å². The van der Waals surface area contributed by atoms with Gasteiger partial charge >= 0.3 is 0 Å². The van der Waals surface area contributed by atoms with Gasteiger partial charge in [0.25, 0.3) is 0 Å². The quantitative estimate of drug-likeness (QED) is 0.280. The highest BCUT2D eigenvalue weighted by molar-refractivity contribution is 5.79. The largest absolute Gasteiger partial charge is 0.353 e. The molecule has 0 radical (unpaired) electrons. The van der Waals surface area contributed by atoms with Crippen molar-refractivity contribution in [2.75, 3.05) is 0 Å². The van der Waals surface area contributed by atoms with Gasteiger partial charge in [0.2, 0.25) is 5.96 Å². The molecule has 1 atom stereocenters. The van der Waals surface area contributed by atoms with Crippen LogP contribution in [0.2, 0.25) is 0 Å². The van der Waals surface area contributed by atoms with Gasteiger partial charge in [-0.3, -0.25) is 5.43 Å². The molecule has 1 unspecified atom stereocenters. The Hall–Kier alpha value is -0.770. The molecular weight excluding hydrogens is 188 g/mol. The van der Waals surface area contributed by atoms with Crippen LogP contribution in [0.4, 0.5) is 0 Å². The van der Waals surface area contributed by atoms with Crippen molar-refractivity contribution in [3.8, 4) is 0 Å². The number of nitrogens with one attached hydrogen (secondary N) is 2. The summed E-state index contributed by atoms with van der Waals surface area (Å²) in [6.07, 6.45) is 3.57. The second kappa shape index (κ2) is 4.84. The normalized spacial score (nSPS) is 25.7. The molecule has 0 aromatic rings. The molecule has 0 bridgehead atoms. The molecule has 4 nitrogen and oxygen atoms in total. The van der Waals surface area contributed by atoms with E-state index >= 15 is 0 Å². The van der Waals surface area contributed by atoms with Crippen LogP contribution in [0.1, 0.15) is 47.0 Å². The second-order valence-corrected chi connectivity index (χ2v) is 5.48. The Labute approximate surface area is 92.7 Å². The molecule has 15 heavy (non-hydrogen) atoms. The van der Waals surface area contributed by atoms with E-state index in [0.29, 0.717) is 23.5 Å². The average Bonchev–Trinajstić information content (AvgIpc) is 2.43. The van der Waals surface area contributed by atoms with Crippen LogP contribution in [0.5, 0.6) is 0 Å². The van der Waals surface area contributed by atoms with E-state index in [1.165, 1.54) is 6.42 Å². The SMILES string of the molecule is CC(C)NC(=NC1CCC(C)(C)C1)NN. The smallest absolute Gasteiger partial charge is 0.206 e. The van der Waals surface area contributed by atoms with Gasteiger partial charge in [-0.2, -0.15) is 0 Å². The van der Waals surface area contributed by atoms with E-state index in [-0.39, 0.29) is 0 Å². The number of rotatable bonds is 2. The number of hydrogen-bond acceptors (Lipinski definition) is 2. The predicted molar refractivity (Wildman–Crippen MR) is 64.4 cm³/mol. The Morgan fingerprint density at radius 3 is 2.53 bits per heavy atom. The van der Waals surface area contributed by atoms with Crippen LogP contribution >= 0.6 is 0 Å². The van der Waals surface area contributed by atoms with Gasteiger partial charge in [-0.15, -0.1) is 0 Å². The molecule has 1 aliphatic carbocycles. The van der Waals surface area contributed by atoms with E-state index < -0.39 is 0 Å². The Morgan fingerprint density at radius 1 is 1.47 bits per heavy atom. The zero-order valence-electron chi connectivity index (χ0n) is 10.3. The minimum Gasteiger partial charge on any atom is -0.353 e.